The number of anilines is 1. The first-order chi connectivity index (χ1) is 15.3. The number of hydrogen-bond acceptors (Lipinski definition) is 5. The van der Waals surface area contributed by atoms with Gasteiger partial charge in [0.2, 0.25) is 0 Å². The fourth-order valence-corrected chi connectivity index (χ4v) is 4.73. The summed E-state index contributed by atoms with van der Waals surface area (Å²) in [7, 11) is 3.14. The van der Waals surface area contributed by atoms with Crippen LogP contribution in [0.1, 0.15) is 36.5 Å². The van der Waals surface area contributed by atoms with E-state index in [9.17, 15) is 9.59 Å². The van der Waals surface area contributed by atoms with E-state index in [0.717, 1.165) is 37.1 Å². The summed E-state index contributed by atoms with van der Waals surface area (Å²) < 4.78 is 10.8. The summed E-state index contributed by atoms with van der Waals surface area (Å²) in [6.07, 6.45) is 2.12. The number of carbonyl (C=O) groups is 2. The molecule has 0 bridgehead atoms. The molecule has 1 unspecified atom stereocenters. The minimum absolute atomic E-state index is 0.263. The lowest BCUT2D eigenvalue weighted by atomic mass is 9.97. The van der Waals surface area contributed by atoms with Gasteiger partial charge >= 0.3 is 0 Å². The van der Waals surface area contributed by atoms with Crippen LogP contribution in [0, 0.1) is 19.8 Å². The lowest BCUT2D eigenvalue weighted by molar-refractivity contribution is -0.120. The van der Waals surface area contributed by atoms with E-state index in [-0.39, 0.29) is 11.8 Å². The number of methoxy groups -OCH3 is 2. The Morgan fingerprint density at radius 2 is 1.69 bits per heavy atom. The molecular formula is C26H30N2O4. The van der Waals surface area contributed by atoms with Gasteiger partial charge in [-0.05, 0) is 61.9 Å². The van der Waals surface area contributed by atoms with Crippen LogP contribution in [0.2, 0.25) is 0 Å². The minimum Gasteiger partial charge on any atom is -0.493 e. The quantitative estimate of drug-likeness (QED) is 0.656. The molecular weight excluding hydrogens is 404 g/mol. The second-order valence-electron chi connectivity index (χ2n) is 8.72. The SMILES string of the molecule is COc1ccc(C2=C(N3CCCC(C)C3)C(=O)N(c3ccc(C)cc3C)C2=O)cc1OC. The first-order valence-corrected chi connectivity index (χ1v) is 11.0. The van der Waals surface area contributed by atoms with E-state index in [1.165, 1.54) is 4.90 Å². The van der Waals surface area contributed by atoms with Crippen molar-refractivity contribution in [2.45, 2.75) is 33.6 Å². The molecule has 0 aliphatic carbocycles. The maximum Gasteiger partial charge on any atom is 0.282 e. The lowest BCUT2D eigenvalue weighted by Gasteiger charge is -2.33. The smallest absolute Gasteiger partial charge is 0.282 e. The highest BCUT2D eigenvalue weighted by Gasteiger charge is 2.43. The molecule has 2 aliphatic heterocycles. The van der Waals surface area contributed by atoms with Crippen LogP contribution < -0.4 is 14.4 Å². The maximum atomic E-state index is 13.8. The fraction of sp³-hybridized carbons (Fsp3) is 0.385. The maximum absolute atomic E-state index is 13.8. The van der Waals surface area contributed by atoms with Gasteiger partial charge in [0.15, 0.2) is 11.5 Å². The largest absolute Gasteiger partial charge is 0.493 e. The Morgan fingerprint density at radius 1 is 0.938 bits per heavy atom. The number of amides is 2. The number of piperidine rings is 1. The van der Waals surface area contributed by atoms with Crippen molar-refractivity contribution < 1.29 is 19.1 Å². The average Bonchev–Trinajstić information content (AvgIpc) is 3.03. The molecule has 2 aromatic carbocycles. The molecule has 1 atom stereocenters. The van der Waals surface area contributed by atoms with Crippen molar-refractivity contribution in [1.82, 2.24) is 4.90 Å². The van der Waals surface area contributed by atoms with Crippen molar-refractivity contribution in [3.05, 3.63) is 58.8 Å². The molecule has 0 aromatic heterocycles. The Morgan fingerprint density at radius 3 is 2.34 bits per heavy atom. The Kier molecular flexibility index (Phi) is 5.96. The van der Waals surface area contributed by atoms with Crippen molar-refractivity contribution in [2.24, 2.45) is 5.92 Å². The van der Waals surface area contributed by atoms with Crippen LogP contribution in [-0.2, 0) is 9.59 Å². The van der Waals surface area contributed by atoms with Crippen molar-refractivity contribution >= 4 is 23.1 Å². The van der Waals surface area contributed by atoms with Gasteiger partial charge in [-0.3, -0.25) is 9.59 Å². The normalized spacial score (nSPS) is 19.1. The number of benzene rings is 2. The summed E-state index contributed by atoms with van der Waals surface area (Å²) in [5, 5.41) is 0. The van der Waals surface area contributed by atoms with Gasteiger partial charge in [0.1, 0.15) is 5.70 Å². The zero-order valence-corrected chi connectivity index (χ0v) is 19.4. The molecule has 2 aromatic rings. The summed E-state index contributed by atoms with van der Waals surface area (Å²) >= 11 is 0. The molecule has 168 valence electrons. The summed E-state index contributed by atoms with van der Waals surface area (Å²) in [6, 6.07) is 11.1. The van der Waals surface area contributed by atoms with Gasteiger partial charge in [-0.15, -0.1) is 0 Å². The van der Waals surface area contributed by atoms with Crippen molar-refractivity contribution in [2.75, 3.05) is 32.2 Å². The third-order valence-electron chi connectivity index (χ3n) is 6.30. The molecule has 2 amide bonds. The van der Waals surface area contributed by atoms with E-state index in [4.69, 9.17) is 9.47 Å². The highest BCUT2D eigenvalue weighted by Crippen LogP contribution is 2.40. The van der Waals surface area contributed by atoms with Gasteiger partial charge < -0.3 is 14.4 Å². The monoisotopic (exact) mass is 434 g/mol. The molecule has 0 saturated carbocycles. The number of aryl methyl sites for hydroxylation is 2. The molecule has 2 aliphatic rings. The number of imide groups is 1. The lowest BCUT2D eigenvalue weighted by Crippen LogP contribution is -2.39. The topological polar surface area (TPSA) is 59.1 Å². The molecule has 1 saturated heterocycles. The van der Waals surface area contributed by atoms with Gasteiger partial charge in [-0.1, -0.05) is 30.7 Å². The third-order valence-corrected chi connectivity index (χ3v) is 6.30. The van der Waals surface area contributed by atoms with Crippen molar-refractivity contribution in [3.8, 4) is 11.5 Å². The summed E-state index contributed by atoms with van der Waals surface area (Å²) in [5.41, 5.74) is 4.17. The minimum atomic E-state index is -0.303. The molecule has 0 radical (unpaired) electrons. The van der Waals surface area contributed by atoms with Crippen LogP contribution in [0.3, 0.4) is 0 Å². The van der Waals surface area contributed by atoms with E-state index in [2.05, 4.69) is 11.8 Å². The second kappa shape index (κ2) is 8.69. The van der Waals surface area contributed by atoms with Crippen molar-refractivity contribution in [1.29, 1.82) is 0 Å². The predicted molar refractivity (Wildman–Crippen MR) is 125 cm³/mol. The van der Waals surface area contributed by atoms with Gasteiger partial charge in [0, 0.05) is 13.1 Å². The van der Waals surface area contributed by atoms with E-state index in [1.54, 1.807) is 26.4 Å². The molecule has 4 rings (SSSR count). The molecule has 32 heavy (non-hydrogen) atoms. The highest BCUT2D eigenvalue weighted by molar-refractivity contribution is 6.45. The zero-order chi connectivity index (χ0) is 23.0. The van der Waals surface area contributed by atoms with Gasteiger partial charge in [0.05, 0.1) is 25.5 Å². The zero-order valence-electron chi connectivity index (χ0n) is 19.4. The third kappa shape index (κ3) is 3.74. The van der Waals surface area contributed by atoms with E-state index >= 15 is 0 Å². The van der Waals surface area contributed by atoms with Crippen LogP contribution in [0.15, 0.2) is 42.1 Å². The fourth-order valence-electron chi connectivity index (χ4n) is 4.73. The van der Waals surface area contributed by atoms with Crippen LogP contribution in [-0.4, -0.2) is 44.0 Å². The standard InChI is InChI=1S/C26H30N2O4/c1-16-8-10-20(18(3)13-16)28-25(29)23(19-9-11-21(31-4)22(14-19)32-5)24(26(28)30)27-12-6-7-17(2)15-27/h8-11,13-14,17H,6-7,12,15H2,1-5H3. The van der Waals surface area contributed by atoms with Gasteiger partial charge in [-0.2, -0.15) is 0 Å². The molecule has 6 heteroatoms. The van der Waals surface area contributed by atoms with E-state index in [1.807, 2.05) is 38.1 Å². The predicted octanol–water partition coefficient (Wildman–Crippen LogP) is 4.34. The van der Waals surface area contributed by atoms with Crippen LogP contribution in [0.4, 0.5) is 5.69 Å². The van der Waals surface area contributed by atoms with Crippen LogP contribution >= 0.6 is 0 Å². The number of rotatable bonds is 5. The molecule has 6 nitrogen and oxygen atoms in total. The van der Waals surface area contributed by atoms with Gasteiger partial charge in [-0.25, -0.2) is 4.90 Å². The Bertz CT molecular complexity index is 1110. The van der Waals surface area contributed by atoms with E-state index in [0.29, 0.717) is 39.9 Å². The Labute approximate surface area is 189 Å². The Hall–Kier alpha value is -3.28. The van der Waals surface area contributed by atoms with E-state index < -0.39 is 0 Å². The number of hydrogen-bond donors (Lipinski definition) is 0. The molecule has 0 N–H and O–H groups in total. The summed E-state index contributed by atoms with van der Waals surface area (Å²) in [6.45, 7) is 7.63. The molecule has 0 spiro atoms. The average molecular weight is 435 g/mol. The van der Waals surface area contributed by atoms with Crippen LogP contribution in [0.5, 0.6) is 11.5 Å². The van der Waals surface area contributed by atoms with Crippen molar-refractivity contribution in [3.63, 3.8) is 0 Å². The number of likely N-dealkylation sites (tertiary alicyclic amines) is 1. The number of nitrogens with zero attached hydrogens (tertiary/aromatic N) is 2. The molecule has 2 heterocycles. The molecule has 1 fully saturated rings. The Balaban J connectivity index is 1.87. The second-order valence-corrected chi connectivity index (χ2v) is 8.72. The summed E-state index contributed by atoms with van der Waals surface area (Å²) in [5.74, 6) is 0.992. The summed E-state index contributed by atoms with van der Waals surface area (Å²) in [4.78, 5) is 31.0. The van der Waals surface area contributed by atoms with Crippen LogP contribution in [0.25, 0.3) is 5.57 Å². The first-order valence-electron chi connectivity index (χ1n) is 11.0. The number of carbonyl (C=O) groups excluding carboxylic acids is 2. The number of ether oxygens (including phenoxy) is 2. The first kappa shape index (κ1) is 21.9. The van der Waals surface area contributed by atoms with Gasteiger partial charge in [0.25, 0.3) is 11.8 Å². The highest BCUT2D eigenvalue weighted by atomic mass is 16.5.